The van der Waals surface area contributed by atoms with E-state index in [9.17, 15) is 28.7 Å². The van der Waals surface area contributed by atoms with Gasteiger partial charge in [-0.15, -0.1) is 0 Å². The summed E-state index contributed by atoms with van der Waals surface area (Å²) in [5.41, 5.74) is 0.0412. The number of carbonyl (C=O) groups excluding carboxylic acids is 4. The zero-order chi connectivity index (χ0) is 26.8. The van der Waals surface area contributed by atoms with Gasteiger partial charge in [0, 0.05) is 24.2 Å². The lowest BCUT2D eigenvalue weighted by molar-refractivity contribution is -0.132. The first-order valence-electron chi connectivity index (χ1n) is 12.0. The number of carbonyl (C=O) groups is 4. The summed E-state index contributed by atoms with van der Waals surface area (Å²) in [6, 6.07) is 15.6. The third-order valence-corrected chi connectivity index (χ3v) is 7.43. The van der Waals surface area contributed by atoms with Gasteiger partial charge in [-0.25, -0.2) is 9.29 Å². The molecule has 3 amide bonds. The number of anilines is 2. The first-order valence-corrected chi connectivity index (χ1v) is 12.0. The fourth-order valence-electron chi connectivity index (χ4n) is 5.92. The smallest absolute Gasteiger partial charge is 0.308 e. The van der Waals surface area contributed by atoms with Gasteiger partial charge in [-0.2, -0.15) is 0 Å². The minimum absolute atomic E-state index is 0.0811. The van der Waals surface area contributed by atoms with Crippen LogP contribution in [0.2, 0.25) is 0 Å². The SMILES string of the molecule is CC(=O)Oc1ccc(N2C(=O)[C@@H]3C(Cc4ccc(O)cc4)NC4(C(=O)Nc5ccc(F)cc54)[C@@H]3C2=O)cc1. The molecule has 3 aromatic carbocycles. The highest BCUT2D eigenvalue weighted by Crippen LogP contribution is 2.54. The Balaban J connectivity index is 1.45. The fraction of sp³-hybridized carbons (Fsp3) is 0.214. The number of hydrogen-bond acceptors (Lipinski definition) is 7. The number of esters is 1. The lowest BCUT2D eigenvalue weighted by atomic mass is 9.76. The number of amides is 3. The van der Waals surface area contributed by atoms with Crippen LogP contribution in [-0.2, 0) is 31.1 Å². The highest BCUT2D eigenvalue weighted by molar-refractivity contribution is 6.25. The number of phenols is 1. The van der Waals surface area contributed by atoms with Gasteiger partial charge in [0.15, 0.2) is 0 Å². The Morgan fingerprint density at radius 2 is 1.74 bits per heavy atom. The summed E-state index contributed by atoms with van der Waals surface area (Å²) in [6.07, 6.45) is 0.277. The number of phenolic OH excluding ortho intramolecular Hbond substituents is 1. The molecular weight excluding hydrogens is 493 g/mol. The van der Waals surface area contributed by atoms with Crippen molar-refractivity contribution in [2.24, 2.45) is 11.8 Å². The Morgan fingerprint density at radius 3 is 2.42 bits per heavy atom. The molecule has 0 saturated carbocycles. The summed E-state index contributed by atoms with van der Waals surface area (Å²) in [4.78, 5) is 53.7. The van der Waals surface area contributed by atoms with Crippen LogP contribution < -0.4 is 20.3 Å². The predicted octanol–water partition coefficient (Wildman–Crippen LogP) is 2.62. The Kier molecular flexibility index (Phi) is 5.32. The first kappa shape index (κ1) is 23.8. The molecule has 2 fully saturated rings. The fourth-order valence-corrected chi connectivity index (χ4v) is 5.92. The molecule has 0 radical (unpaired) electrons. The molecule has 192 valence electrons. The number of benzene rings is 3. The number of rotatable bonds is 4. The van der Waals surface area contributed by atoms with Gasteiger partial charge < -0.3 is 15.2 Å². The summed E-state index contributed by atoms with van der Waals surface area (Å²) < 4.78 is 19.5. The van der Waals surface area contributed by atoms with E-state index in [4.69, 9.17) is 4.74 Å². The van der Waals surface area contributed by atoms with Crippen LogP contribution >= 0.6 is 0 Å². The van der Waals surface area contributed by atoms with E-state index >= 15 is 0 Å². The molecule has 38 heavy (non-hydrogen) atoms. The van der Waals surface area contributed by atoms with Crippen molar-refractivity contribution < 1.29 is 33.4 Å². The Bertz CT molecular complexity index is 1510. The van der Waals surface area contributed by atoms with E-state index in [2.05, 4.69) is 10.6 Å². The van der Waals surface area contributed by atoms with Gasteiger partial charge in [-0.3, -0.25) is 24.5 Å². The van der Waals surface area contributed by atoms with Crippen LogP contribution in [-0.4, -0.2) is 34.8 Å². The maximum atomic E-state index is 14.4. The molecule has 3 aliphatic heterocycles. The molecule has 2 saturated heterocycles. The van der Waals surface area contributed by atoms with E-state index in [0.717, 1.165) is 10.5 Å². The minimum Gasteiger partial charge on any atom is -0.508 e. The number of nitrogens with one attached hydrogen (secondary N) is 2. The molecule has 0 bridgehead atoms. The number of hydrogen-bond donors (Lipinski definition) is 3. The molecular formula is C28H22FN3O6. The standard InChI is InChI=1S/C28H22FN3O6/c1-14(33)38-19-9-5-17(6-10-19)32-25(35)23-22(12-15-2-7-18(34)8-3-15)31-28(24(23)26(32)36)20-13-16(29)4-11-21(20)30-27(28)37/h2-11,13,22-24,31,34H,12H2,1H3,(H,30,37)/t22?,23-,24+,28?/m1/s1. The summed E-state index contributed by atoms with van der Waals surface area (Å²) in [5.74, 6) is -4.43. The maximum absolute atomic E-state index is 14.4. The van der Waals surface area contributed by atoms with Crippen LogP contribution in [0.4, 0.5) is 15.8 Å². The third-order valence-electron chi connectivity index (χ3n) is 7.43. The molecule has 3 aromatic rings. The highest BCUT2D eigenvalue weighted by Gasteiger charge is 2.70. The normalized spacial score (nSPS) is 25.5. The highest BCUT2D eigenvalue weighted by atomic mass is 19.1. The van der Waals surface area contributed by atoms with Gasteiger partial charge in [0.2, 0.25) is 17.7 Å². The zero-order valence-corrected chi connectivity index (χ0v) is 20.1. The van der Waals surface area contributed by atoms with Crippen LogP contribution in [0.3, 0.4) is 0 Å². The number of halogens is 1. The molecule has 3 N–H and O–H groups in total. The van der Waals surface area contributed by atoms with E-state index < -0.39 is 52.9 Å². The molecule has 0 aliphatic carbocycles. The number of fused-ring (bicyclic) bond motifs is 4. The molecule has 0 aromatic heterocycles. The second kappa shape index (κ2) is 8.49. The predicted molar refractivity (Wildman–Crippen MR) is 133 cm³/mol. The van der Waals surface area contributed by atoms with Crippen molar-refractivity contribution in [3.8, 4) is 11.5 Å². The van der Waals surface area contributed by atoms with Crippen molar-refractivity contribution in [2.75, 3.05) is 10.2 Å². The number of aromatic hydroxyl groups is 1. The van der Waals surface area contributed by atoms with E-state index in [1.807, 2.05) is 0 Å². The lowest BCUT2D eigenvalue weighted by Crippen LogP contribution is -2.53. The summed E-state index contributed by atoms with van der Waals surface area (Å²) >= 11 is 0. The van der Waals surface area contributed by atoms with Gasteiger partial charge in [-0.1, -0.05) is 12.1 Å². The molecule has 3 aliphatic rings. The molecule has 3 heterocycles. The van der Waals surface area contributed by atoms with E-state index in [1.54, 1.807) is 12.1 Å². The largest absolute Gasteiger partial charge is 0.508 e. The second-order valence-electron chi connectivity index (χ2n) is 9.68. The number of imide groups is 1. The van der Waals surface area contributed by atoms with E-state index in [1.165, 1.54) is 61.5 Å². The monoisotopic (exact) mass is 515 g/mol. The minimum atomic E-state index is -1.65. The molecule has 4 atom stereocenters. The van der Waals surface area contributed by atoms with Crippen LogP contribution in [0, 0.1) is 17.7 Å². The average Bonchev–Trinajstić information content (AvgIpc) is 3.45. The Morgan fingerprint density at radius 1 is 1.03 bits per heavy atom. The van der Waals surface area contributed by atoms with Crippen molar-refractivity contribution in [3.63, 3.8) is 0 Å². The number of nitrogens with zero attached hydrogens (tertiary/aromatic N) is 1. The molecule has 6 rings (SSSR count). The quantitative estimate of drug-likeness (QED) is 0.277. The van der Waals surface area contributed by atoms with Crippen molar-refractivity contribution >= 4 is 35.1 Å². The van der Waals surface area contributed by atoms with E-state index in [0.29, 0.717) is 5.69 Å². The van der Waals surface area contributed by atoms with Crippen LogP contribution in [0.25, 0.3) is 0 Å². The lowest BCUT2D eigenvalue weighted by Gasteiger charge is -2.29. The topological polar surface area (TPSA) is 125 Å². The third kappa shape index (κ3) is 3.48. The van der Waals surface area contributed by atoms with Crippen molar-refractivity contribution in [3.05, 3.63) is 83.7 Å². The average molecular weight is 515 g/mol. The summed E-state index contributed by atoms with van der Waals surface area (Å²) in [5, 5.41) is 15.7. The molecule has 1 spiro atoms. The van der Waals surface area contributed by atoms with Crippen LogP contribution in [0.1, 0.15) is 18.1 Å². The maximum Gasteiger partial charge on any atom is 0.308 e. The molecule has 9 nitrogen and oxygen atoms in total. The summed E-state index contributed by atoms with van der Waals surface area (Å²) in [7, 11) is 0. The zero-order valence-electron chi connectivity index (χ0n) is 20.1. The van der Waals surface area contributed by atoms with Crippen molar-refractivity contribution in [1.29, 1.82) is 0 Å². The summed E-state index contributed by atoms with van der Waals surface area (Å²) in [6.45, 7) is 1.26. The first-order chi connectivity index (χ1) is 18.2. The van der Waals surface area contributed by atoms with Gasteiger partial charge in [0.1, 0.15) is 22.9 Å². The Labute approximate surface area is 216 Å². The van der Waals surface area contributed by atoms with Gasteiger partial charge in [0.25, 0.3) is 0 Å². The van der Waals surface area contributed by atoms with E-state index in [-0.39, 0.29) is 29.2 Å². The van der Waals surface area contributed by atoms with Crippen molar-refractivity contribution in [2.45, 2.75) is 24.9 Å². The molecule has 2 unspecified atom stereocenters. The Hall–Kier alpha value is -4.57. The van der Waals surface area contributed by atoms with Gasteiger partial charge >= 0.3 is 5.97 Å². The van der Waals surface area contributed by atoms with Gasteiger partial charge in [-0.05, 0) is 66.6 Å². The molecule has 10 heteroatoms. The number of ether oxygens (including phenoxy) is 1. The van der Waals surface area contributed by atoms with Gasteiger partial charge in [0.05, 0.1) is 17.5 Å². The van der Waals surface area contributed by atoms with Crippen molar-refractivity contribution in [1.82, 2.24) is 5.32 Å². The second-order valence-corrected chi connectivity index (χ2v) is 9.68. The van der Waals surface area contributed by atoms with Crippen LogP contribution in [0.5, 0.6) is 11.5 Å². The van der Waals surface area contributed by atoms with Crippen LogP contribution in [0.15, 0.2) is 66.7 Å².